The number of hydrogen-bond acceptors (Lipinski definition) is 5. The number of aromatic hydroxyl groups is 1. The SMILES string of the molecule is CCN(CCOC)S(=O)(=O)c1cc(C(=O)O)c(O)cc1C. The number of sulfonamides is 1. The van der Waals surface area contributed by atoms with E-state index in [0.29, 0.717) is 0 Å². The van der Waals surface area contributed by atoms with Crippen LogP contribution in [0.3, 0.4) is 0 Å². The van der Waals surface area contributed by atoms with Gasteiger partial charge in [0.05, 0.1) is 11.5 Å². The molecular formula is C13H19NO6S. The Kier molecular flexibility index (Phi) is 5.70. The molecule has 118 valence electrons. The quantitative estimate of drug-likeness (QED) is 0.779. The van der Waals surface area contributed by atoms with Crippen LogP contribution in [0.2, 0.25) is 0 Å². The second-order valence-corrected chi connectivity index (χ2v) is 6.34. The van der Waals surface area contributed by atoms with E-state index in [0.717, 1.165) is 12.1 Å². The van der Waals surface area contributed by atoms with Crippen molar-refractivity contribution in [2.75, 3.05) is 26.8 Å². The van der Waals surface area contributed by atoms with E-state index in [1.807, 2.05) is 0 Å². The summed E-state index contributed by atoms with van der Waals surface area (Å²) in [6.07, 6.45) is 0. The van der Waals surface area contributed by atoms with Gasteiger partial charge in [0.25, 0.3) is 0 Å². The lowest BCUT2D eigenvalue weighted by Gasteiger charge is -2.21. The summed E-state index contributed by atoms with van der Waals surface area (Å²) in [6, 6.07) is 2.12. The highest BCUT2D eigenvalue weighted by molar-refractivity contribution is 7.89. The maximum absolute atomic E-state index is 12.6. The minimum atomic E-state index is -3.85. The van der Waals surface area contributed by atoms with Gasteiger partial charge >= 0.3 is 5.97 Å². The lowest BCUT2D eigenvalue weighted by atomic mass is 10.1. The van der Waals surface area contributed by atoms with Crippen LogP contribution in [0.4, 0.5) is 0 Å². The van der Waals surface area contributed by atoms with E-state index in [2.05, 4.69) is 0 Å². The van der Waals surface area contributed by atoms with Crippen molar-refractivity contribution in [3.05, 3.63) is 23.3 Å². The van der Waals surface area contributed by atoms with Crippen LogP contribution in [0.25, 0.3) is 0 Å². The molecule has 1 aromatic carbocycles. The van der Waals surface area contributed by atoms with Crippen molar-refractivity contribution in [1.29, 1.82) is 0 Å². The number of methoxy groups -OCH3 is 1. The van der Waals surface area contributed by atoms with Gasteiger partial charge in [-0.3, -0.25) is 0 Å². The number of phenols is 1. The number of rotatable bonds is 7. The number of nitrogens with zero attached hydrogens (tertiary/aromatic N) is 1. The first-order valence-electron chi connectivity index (χ1n) is 6.31. The smallest absolute Gasteiger partial charge is 0.339 e. The fourth-order valence-electron chi connectivity index (χ4n) is 1.90. The molecule has 0 unspecified atom stereocenters. The minimum absolute atomic E-state index is 0.129. The summed E-state index contributed by atoms with van der Waals surface area (Å²) in [5, 5.41) is 18.6. The second kappa shape index (κ2) is 6.88. The van der Waals surface area contributed by atoms with Gasteiger partial charge in [0.1, 0.15) is 11.3 Å². The van der Waals surface area contributed by atoms with E-state index in [1.165, 1.54) is 18.3 Å². The fraction of sp³-hybridized carbons (Fsp3) is 0.462. The molecule has 0 atom stereocenters. The average Bonchev–Trinajstić information content (AvgIpc) is 2.38. The van der Waals surface area contributed by atoms with E-state index in [9.17, 15) is 18.3 Å². The third-order valence-electron chi connectivity index (χ3n) is 3.04. The number of aryl methyl sites for hydroxylation is 1. The van der Waals surface area contributed by atoms with Gasteiger partial charge in [-0.15, -0.1) is 0 Å². The summed E-state index contributed by atoms with van der Waals surface area (Å²) in [6.45, 7) is 3.81. The molecule has 0 fully saturated rings. The van der Waals surface area contributed by atoms with Gasteiger partial charge in [-0.05, 0) is 24.6 Å². The number of hydrogen-bond donors (Lipinski definition) is 2. The maximum atomic E-state index is 12.6. The van der Waals surface area contributed by atoms with E-state index < -0.39 is 27.3 Å². The topological polar surface area (TPSA) is 104 Å². The fourth-order valence-corrected chi connectivity index (χ4v) is 3.57. The van der Waals surface area contributed by atoms with E-state index in [-0.39, 0.29) is 30.2 Å². The molecule has 7 nitrogen and oxygen atoms in total. The zero-order chi connectivity index (χ0) is 16.2. The monoisotopic (exact) mass is 317 g/mol. The predicted molar refractivity (Wildman–Crippen MR) is 76.1 cm³/mol. The summed E-state index contributed by atoms with van der Waals surface area (Å²) in [5.41, 5.74) is -0.157. The van der Waals surface area contributed by atoms with Crippen molar-refractivity contribution in [2.24, 2.45) is 0 Å². The summed E-state index contributed by atoms with van der Waals surface area (Å²) < 4.78 is 31.2. The Morgan fingerprint density at radius 3 is 2.48 bits per heavy atom. The van der Waals surface area contributed by atoms with Gasteiger partial charge in [-0.2, -0.15) is 4.31 Å². The van der Waals surface area contributed by atoms with Gasteiger partial charge in [0.15, 0.2) is 0 Å². The van der Waals surface area contributed by atoms with Crippen LogP contribution in [0.1, 0.15) is 22.8 Å². The Hall–Kier alpha value is -1.64. The minimum Gasteiger partial charge on any atom is -0.507 e. The zero-order valence-corrected chi connectivity index (χ0v) is 13.0. The molecule has 0 heterocycles. The molecular weight excluding hydrogens is 298 g/mol. The lowest BCUT2D eigenvalue weighted by molar-refractivity contribution is 0.0693. The van der Waals surface area contributed by atoms with Crippen LogP contribution < -0.4 is 0 Å². The molecule has 0 aliphatic heterocycles. The van der Waals surface area contributed by atoms with Crippen LogP contribution >= 0.6 is 0 Å². The summed E-state index contributed by atoms with van der Waals surface area (Å²) in [4.78, 5) is 10.9. The van der Waals surface area contributed by atoms with Gasteiger partial charge in [0.2, 0.25) is 10.0 Å². The first-order chi connectivity index (χ1) is 9.75. The van der Waals surface area contributed by atoms with Gasteiger partial charge in [-0.25, -0.2) is 13.2 Å². The first-order valence-corrected chi connectivity index (χ1v) is 7.75. The standard InChI is InChI=1S/C13H19NO6S/c1-4-14(5-6-20-3)21(18,19)12-8-10(13(16)17)11(15)7-9(12)2/h7-8,15H,4-6H2,1-3H3,(H,16,17). The van der Waals surface area contributed by atoms with Crippen LogP contribution in [-0.4, -0.2) is 55.7 Å². The third kappa shape index (κ3) is 3.72. The normalized spacial score (nSPS) is 11.8. The Labute approximate surface area is 123 Å². The highest BCUT2D eigenvalue weighted by atomic mass is 32.2. The van der Waals surface area contributed by atoms with Crippen LogP contribution in [0, 0.1) is 6.92 Å². The molecule has 21 heavy (non-hydrogen) atoms. The highest BCUT2D eigenvalue weighted by Crippen LogP contribution is 2.27. The Bertz CT molecular complexity index is 626. The average molecular weight is 317 g/mol. The maximum Gasteiger partial charge on any atom is 0.339 e. The highest BCUT2D eigenvalue weighted by Gasteiger charge is 2.27. The summed E-state index contributed by atoms with van der Waals surface area (Å²) >= 11 is 0. The lowest BCUT2D eigenvalue weighted by Crippen LogP contribution is -2.34. The number of carboxylic acids is 1. The number of carboxylic acid groups (broad SMARTS) is 1. The molecule has 0 saturated carbocycles. The van der Waals surface area contributed by atoms with Gasteiger partial charge in [-0.1, -0.05) is 6.92 Å². The van der Waals surface area contributed by atoms with Crippen molar-refractivity contribution in [1.82, 2.24) is 4.31 Å². The number of likely N-dealkylation sites (N-methyl/N-ethyl adjacent to an activating group) is 1. The largest absolute Gasteiger partial charge is 0.507 e. The van der Waals surface area contributed by atoms with Gasteiger partial charge in [0, 0.05) is 20.2 Å². The molecule has 0 aliphatic rings. The van der Waals surface area contributed by atoms with Crippen molar-refractivity contribution < 1.29 is 28.2 Å². The number of aromatic carboxylic acids is 1. The van der Waals surface area contributed by atoms with Crippen molar-refractivity contribution in [3.8, 4) is 5.75 Å². The molecule has 0 amide bonds. The Balaban J connectivity index is 3.36. The molecule has 0 saturated heterocycles. The molecule has 2 N–H and O–H groups in total. The van der Waals surface area contributed by atoms with Crippen LogP contribution in [-0.2, 0) is 14.8 Å². The molecule has 1 rings (SSSR count). The Morgan fingerprint density at radius 2 is 2.00 bits per heavy atom. The third-order valence-corrected chi connectivity index (χ3v) is 5.16. The van der Waals surface area contributed by atoms with E-state index in [1.54, 1.807) is 6.92 Å². The van der Waals surface area contributed by atoms with Crippen molar-refractivity contribution >= 4 is 16.0 Å². The van der Waals surface area contributed by atoms with Gasteiger partial charge < -0.3 is 14.9 Å². The van der Waals surface area contributed by atoms with Crippen molar-refractivity contribution in [2.45, 2.75) is 18.7 Å². The second-order valence-electron chi connectivity index (χ2n) is 4.43. The zero-order valence-electron chi connectivity index (χ0n) is 12.2. The summed E-state index contributed by atoms with van der Waals surface area (Å²) in [7, 11) is -2.38. The predicted octanol–water partition coefficient (Wildman–Crippen LogP) is 1.06. The molecule has 0 aromatic heterocycles. The molecule has 1 aromatic rings. The number of benzene rings is 1. The number of ether oxygens (including phenoxy) is 1. The summed E-state index contributed by atoms with van der Waals surface area (Å²) in [5.74, 6) is -1.84. The first kappa shape index (κ1) is 17.4. The van der Waals surface area contributed by atoms with Crippen molar-refractivity contribution in [3.63, 3.8) is 0 Å². The molecule has 0 bridgehead atoms. The molecule has 0 radical (unpaired) electrons. The van der Waals surface area contributed by atoms with Crippen LogP contribution in [0.15, 0.2) is 17.0 Å². The van der Waals surface area contributed by atoms with Crippen LogP contribution in [0.5, 0.6) is 5.75 Å². The Morgan fingerprint density at radius 1 is 1.38 bits per heavy atom. The van der Waals surface area contributed by atoms with E-state index >= 15 is 0 Å². The molecule has 0 spiro atoms. The number of carbonyl (C=O) groups is 1. The van der Waals surface area contributed by atoms with E-state index in [4.69, 9.17) is 9.84 Å². The molecule has 0 aliphatic carbocycles. The molecule has 8 heteroatoms.